The first-order valence-corrected chi connectivity index (χ1v) is 9.08. The molecule has 1 aliphatic heterocycles. The molecule has 5 heteroatoms. The smallest absolute Gasteiger partial charge is 0.404 e. The molecule has 22 heavy (non-hydrogen) atoms. The van der Waals surface area contributed by atoms with Crippen molar-refractivity contribution >= 4 is 6.09 Å². The predicted molar refractivity (Wildman–Crippen MR) is 89.3 cm³/mol. The molecule has 0 atom stereocenters. The minimum atomic E-state index is -0.874. The van der Waals surface area contributed by atoms with Gasteiger partial charge in [0, 0.05) is 18.6 Å². The van der Waals surface area contributed by atoms with E-state index in [2.05, 4.69) is 29.0 Å². The summed E-state index contributed by atoms with van der Waals surface area (Å²) in [5.41, 5.74) is 0. The van der Waals surface area contributed by atoms with Crippen molar-refractivity contribution in [1.29, 1.82) is 0 Å². The van der Waals surface area contributed by atoms with Crippen LogP contribution in [-0.4, -0.2) is 65.8 Å². The third kappa shape index (κ3) is 5.13. The second-order valence-electron chi connectivity index (χ2n) is 6.92. The molecule has 1 saturated carbocycles. The Kier molecular flexibility index (Phi) is 6.96. The van der Waals surface area contributed by atoms with Crippen molar-refractivity contribution in [3.63, 3.8) is 0 Å². The number of carbonyl (C=O) groups is 1. The first-order chi connectivity index (χ1) is 10.6. The summed E-state index contributed by atoms with van der Waals surface area (Å²) in [5, 5.41) is 11.4. The highest BCUT2D eigenvalue weighted by Gasteiger charge is 2.29. The average molecular weight is 311 g/mol. The van der Waals surface area contributed by atoms with Crippen LogP contribution in [0.3, 0.4) is 0 Å². The zero-order chi connectivity index (χ0) is 15.9. The lowest BCUT2D eigenvalue weighted by molar-refractivity contribution is 0.0866. The van der Waals surface area contributed by atoms with Gasteiger partial charge >= 0.3 is 6.09 Å². The van der Waals surface area contributed by atoms with Gasteiger partial charge in [0.05, 0.1) is 0 Å². The highest BCUT2D eigenvalue weighted by atomic mass is 16.4. The van der Waals surface area contributed by atoms with Crippen LogP contribution < -0.4 is 5.32 Å². The van der Waals surface area contributed by atoms with Gasteiger partial charge in [-0.2, -0.15) is 0 Å². The summed E-state index contributed by atoms with van der Waals surface area (Å²) in [6.07, 6.45) is 6.05. The molecule has 5 nitrogen and oxygen atoms in total. The van der Waals surface area contributed by atoms with Crippen molar-refractivity contribution in [3.05, 3.63) is 0 Å². The molecule has 0 unspecified atom stereocenters. The van der Waals surface area contributed by atoms with E-state index in [1.54, 1.807) is 0 Å². The summed E-state index contributed by atoms with van der Waals surface area (Å²) >= 11 is 0. The van der Waals surface area contributed by atoms with E-state index in [1.165, 1.54) is 32.5 Å². The van der Waals surface area contributed by atoms with Crippen molar-refractivity contribution in [2.45, 2.75) is 64.5 Å². The summed E-state index contributed by atoms with van der Waals surface area (Å²) in [4.78, 5) is 15.9. The molecule has 0 bridgehead atoms. The van der Waals surface area contributed by atoms with Gasteiger partial charge in [0.1, 0.15) is 0 Å². The molecule has 2 N–H and O–H groups in total. The Morgan fingerprint density at radius 1 is 1.09 bits per heavy atom. The average Bonchev–Trinajstić information content (AvgIpc) is 2.53. The number of amides is 1. The largest absolute Gasteiger partial charge is 0.465 e. The summed E-state index contributed by atoms with van der Waals surface area (Å²) < 4.78 is 0. The van der Waals surface area contributed by atoms with Crippen LogP contribution in [-0.2, 0) is 0 Å². The van der Waals surface area contributed by atoms with Crippen LogP contribution in [0, 0.1) is 5.92 Å². The van der Waals surface area contributed by atoms with E-state index in [1.807, 2.05) is 0 Å². The van der Waals surface area contributed by atoms with E-state index in [0.29, 0.717) is 6.04 Å². The monoisotopic (exact) mass is 311 g/mol. The minimum Gasteiger partial charge on any atom is -0.465 e. The third-order valence-electron chi connectivity index (χ3n) is 5.60. The molecule has 0 aromatic rings. The molecule has 1 saturated heterocycles. The van der Waals surface area contributed by atoms with Gasteiger partial charge in [0.15, 0.2) is 0 Å². The van der Waals surface area contributed by atoms with Crippen molar-refractivity contribution in [2.75, 3.05) is 32.7 Å². The first-order valence-electron chi connectivity index (χ1n) is 9.08. The standard InChI is InChI=1S/C17H33N3O2/c1-3-19(4-2)13-14-9-11-20(12-10-14)16-7-5-15(6-8-16)18-17(21)22/h14-16,18H,3-13H2,1-2H3,(H,21,22). The second kappa shape index (κ2) is 8.73. The number of rotatable bonds is 6. The fraction of sp³-hybridized carbons (Fsp3) is 0.941. The van der Waals surface area contributed by atoms with Crippen molar-refractivity contribution in [2.24, 2.45) is 5.92 Å². The Bertz CT molecular complexity index is 331. The highest BCUT2D eigenvalue weighted by Crippen LogP contribution is 2.27. The van der Waals surface area contributed by atoms with Crippen molar-refractivity contribution in [3.8, 4) is 0 Å². The van der Waals surface area contributed by atoms with Gasteiger partial charge in [0.25, 0.3) is 0 Å². The molecule has 1 amide bonds. The lowest BCUT2D eigenvalue weighted by Crippen LogP contribution is -2.47. The molecular weight excluding hydrogens is 278 g/mol. The van der Waals surface area contributed by atoms with Crippen LogP contribution in [0.2, 0.25) is 0 Å². The molecule has 128 valence electrons. The maximum absolute atomic E-state index is 10.7. The number of piperidine rings is 1. The fourth-order valence-electron chi connectivity index (χ4n) is 4.11. The lowest BCUT2D eigenvalue weighted by atomic mass is 9.87. The number of nitrogens with zero attached hydrogens (tertiary/aromatic N) is 2. The molecular formula is C17H33N3O2. The Hall–Kier alpha value is -0.810. The number of hydrogen-bond acceptors (Lipinski definition) is 3. The Labute approximate surface area is 135 Å². The number of nitrogens with one attached hydrogen (secondary N) is 1. The summed E-state index contributed by atoms with van der Waals surface area (Å²) in [7, 11) is 0. The van der Waals surface area contributed by atoms with Crippen LogP contribution in [0.4, 0.5) is 4.79 Å². The van der Waals surface area contributed by atoms with E-state index >= 15 is 0 Å². The summed E-state index contributed by atoms with van der Waals surface area (Å²) in [6.45, 7) is 10.6. The predicted octanol–water partition coefficient (Wildman–Crippen LogP) is 2.62. The number of carboxylic acid groups (broad SMARTS) is 1. The lowest BCUT2D eigenvalue weighted by Gasteiger charge is -2.41. The van der Waals surface area contributed by atoms with Crippen LogP contribution in [0.25, 0.3) is 0 Å². The molecule has 2 rings (SSSR count). The Morgan fingerprint density at radius 2 is 1.68 bits per heavy atom. The number of hydrogen-bond donors (Lipinski definition) is 2. The topological polar surface area (TPSA) is 55.8 Å². The number of likely N-dealkylation sites (tertiary alicyclic amines) is 1. The van der Waals surface area contributed by atoms with Crippen LogP contribution in [0.5, 0.6) is 0 Å². The fourth-order valence-corrected chi connectivity index (χ4v) is 4.11. The van der Waals surface area contributed by atoms with E-state index in [9.17, 15) is 4.79 Å². The van der Waals surface area contributed by atoms with Crippen LogP contribution >= 0.6 is 0 Å². The second-order valence-corrected chi connectivity index (χ2v) is 6.92. The van der Waals surface area contributed by atoms with Gasteiger partial charge in [-0.25, -0.2) is 4.79 Å². The third-order valence-corrected chi connectivity index (χ3v) is 5.60. The van der Waals surface area contributed by atoms with Crippen molar-refractivity contribution in [1.82, 2.24) is 15.1 Å². The molecule has 0 aromatic heterocycles. The Morgan fingerprint density at radius 3 is 2.18 bits per heavy atom. The molecule has 0 radical (unpaired) electrons. The first kappa shape index (κ1) is 17.5. The van der Waals surface area contributed by atoms with Crippen LogP contribution in [0.1, 0.15) is 52.4 Å². The van der Waals surface area contributed by atoms with Gasteiger partial charge in [0.2, 0.25) is 0 Å². The SMILES string of the molecule is CCN(CC)CC1CCN(C2CCC(NC(=O)O)CC2)CC1. The molecule has 2 fully saturated rings. The van der Waals surface area contributed by atoms with Crippen LogP contribution in [0.15, 0.2) is 0 Å². The van der Waals surface area contributed by atoms with Gasteiger partial charge in [-0.1, -0.05) is 13.8 Å². The molecule has 0 spiro atoms. The van der Waals surface area contributed by atoms with Gasteiger partial charge in [-0.05, 0) is 70.6 Å². The van der Waals surface area contributed by atoms with E-state index in [-0.39, 0.29) is 6.04 Å². The van der Waals surface area contributed by atoms with E-state index in [4.69, 9.17) is 5.11 Å². The maximum Gasteiger partial charge on any atom is 0.404 e. The van der Waals surface area contributed by atoms with Gasteiger partial charge in [-0.15, -0.1) is 0 Å². The summed E-state index contributed by atoms with van der Waals surface area (Å²) in [6, 6.07) is 0.857. The van der Waals surface area contributed by atoms with E-state index < -0.39 is 6.09 Å². The Balaban J connectivity index is 1.68. The zero-order valence-electron chi connectivity index (χ0n) is 14.3. The molecule has 1 heterocycles. The quantitative estimate of drug-likeness (QED) is 0.792. The maximum atomic E-state index is 10.7. The summed E-state index contributed by atoms with van der Waals surface area (Å²) in [5.74, 6) is 0.862. The molecule has 1 aliphatic carbocycles. The zero-order valence-corrected chi connectivity index (χ0v) is 14.3. The van der Waals surface area contributed by atoms with E-state index in [0.717, 1.165) is 44.7 Å². The highest BCUT2D eigenvalue weighted by molar-refractivity contribution is 5.64. The molecule has 0 aromatic carbocycles. The normalized spacial score (nSPS) is 28.0. The molecule has 2 aliphatic rings. The van der Waals surface area contributed by atoms with Gasteiger partial charge < -0.3 is 20.2 Å². The van der Waals surface area contributed by atoms with Crippen molar-refractivity contribution < 1.29 is 9.90 Å². The minimum absolute atomic E-state index is 0.175. The van der Waals surface area contributed by atoms with Gasteiger partial charge in [-0.3, -0.25) is 0 Å².